The van der Waals surface area contributed by atoms with Crippen LogP contribution in [0.5, 0.6) is 5.75 Å². The number of nitrogens with zero attached hydrogens (tertiary/aromatic N) is 1. The Balaban J connectivity index is 1.83. The van der Waals surface area contributed by atoms with Crippen LogP contribution in [0.15, 0.2) is 24.3 Å². The molecule has 0 aromatic heterocycles. The van der Waals surface area contributed by atoms with Gasteiger partial charge in [-0.2, -0.15) is 0 Å². The number of hydrogen-bond donors (Lipinski definition) is 1. The molecule has 2 aliphatic rings. The van der Waals surface area contributed by atoms with Crippen molar-refractivity contribution in [1.82, 2.24) is 10.2 Å². The van der Waals surface area contributed by atoms with Gasteiger partial charge in [0.1, 0.15) is 5.75 Å². The SMILES string of the molecule is COc1ccc(C(C2CCCN2)N2CCCC2)cc1. The summed E-state index contributed by atoms with van der Waals surface area (Å²) in [5.41, 5.74) is 1.43. The number of likely N-dealkylation sites (tertiary alicyclic amines) is 1. The normalized spacial score (nSPS) is 25.6. The van der Waals surface area contributed by atoms with E-state index in [2.05, 4.69) is 34.5 Å². The van der Waals surface area contributed by atoms with Crippen LogP contribution >= 0.6 is 0 Å². The first-order valence-corrected chi connectivity index (χ1v) is 7.50. The van der Waals surface area contributed by atoms with Gasteiger partial charge < -0.3 is 10.1 Å². The van der Waals surface area contributed by atoms with Crippen molar-refractivity contribution < 1.29 is 4.74 Å². The van der Waals surface area contributed by atoms with E-state index in [9.17, 15) is 0 Å². The van der Waals surface area contributed by atoms with Crippen LogP contribution in [-0.4, -0.2) is 37.7 Å². The molecule has 104 valence electrons. The molecule has 2 unspecified atom stereocenters. The molecule has 2 aliphatic heterocycles. The number of nitrogens with one attached hydrogen (secondary N) is 1. The summed E-state index contributed by atoms with van der Waals surface area (Å²) in [6.45, 7) is 3.66. The summed E-state index contributed by atoms with van der Waals surface area (Å²) in [6, 6.07) is 9.81. The van der Waals surface area contributed by atoms with Gasteiger partial charge in [-0.15, -0.1) is 0 Å². The topological polar surface area (TPSA) is 24.5 Å². The zero-order chi connectivity index (χ0) is 13.1. The van der Waals surface area contributed by atoms with E-state index in [1.807, 2.05) is 0 Å². The van der Waals surface area contributed by atoms with Gasteiger partial charge in [-0.3, -0.25) is 4.90 Å². The van der Waals surface area contributed by atoms with Gasteiger partial charge in [-0.25, -0.2) is 0 Å². The third kappa shape index (κ3) is 2.77. The lowest BCUT2D eigenvalue weighted by atomic mass is 9.96. The van der Waals surface area contributed by atoms with Crippen LogP contribution in [0.3, 0.4) is 0 Å². The van der Waals surface area contributed by atoms with E-state index in [-0.39, 0.29) is 0 Å². The summed E-state index contributed by atoms with van der Waals surface area (Å²) >= 11 is 0. The molecule has 19 heavy (non-hydrogen) atoms. The molecule has 1 aromatic rings. The molecule has 0 saturated carbocycles. The van der Waals surface area contributed by atoms with Crippen molar-refractivity contribution in [1.29, 1.82) is 0 Å². The molecular formula is C16H24N2O. The maximum atomic E-state index is 5.27. The lowest BCUT2D eigenvalue weighted by Crippen LogP contribution is -2.39. The number of methoxy groups -OCH3 is 1. The molecule has 1 aromatic carbocycles. The second kappa shape index (κ2) is 5.93. The Morgan fingerprint density at radius 2 is 1.89 bits per heavy atom. The van der Waals surface area contributed by atoms with E-state index in [1.54, 1.807) is 7.11 Å². The highest BCUT2D eigenvalue weighted by atomic mass is 16.5. The second-order valence-corrected chi connectivity index (χ2v) is 5.66. The molecule has 3 heteroatoms. The Morgan fingerprint density at radius 3 is 2.47 bits per heavy atom. The van der Waals surface area contributed by atoms with Crippen molar-refractivity contribution in [2.24, 2.45) is 0 Å². The smallest absolute Gasteiger partial charge is 0.118 e. The average Bonchev–Trinajstić information content (AvgIpc) is 3.13. The van der Waals surface area contributed by atoms with Gasteiger partial charge >= 0.3 is 0 Å². The largest absolute Gasteiger partial charge is 0.497 e. The van der Waals surface area contributed by atoms with Crippen LogP contribution < -0.4 is 10.1 Å². The zero-order valence-electron chi connectivity index (χ0n) is 11.8. The molecule has 0 spiro atoms. The second-order valence-electron chi connectivity index (χ2n) is 5.66. The maximum absolute atomic E-state index is 5.27. The van der Waals surface area contributed by atoms with Crippen LogP contribution in [0.25, 0.3) is 0 Å². The summed E-state index contributed by atoms with van der Waals surface area (Å²) in [6.07, 6.45) is 5.30. The Labute approximate surface area is 115 Å². The van der Waals surface area contributed by atoms with E-state index in [4.69, 9.17) is 4.74 Å². The van der Waals surface area contributed by atoms with Crippen molar-refractivity contribution in [2.75, 3.05) is 26.7 Å². The van der Waals surface area contributed by atoms with Gasteiger partial charge in [-0.05, 0) is 63.0 Å². The van der Waals surface area contributed by atoms with Crippen molar-refractivity contribution in [3.63, 3.8) is 0 Å². The first-order chi connectivity index (χ1) is 9.38. The first kappa shape index (κ1) is 12.9. The van der Waals surface area contributed by atoms with Gasteiger partial charge in [-0.1, -0.05) is 12.1 Å². The van der Waals surface area contributed by atoms with Crippen molar-refractivity contribution >= 4 is 0 Å². The number of ether oxygens (including phenoxy) is 1. The fourth-order valence-electron chi connectivity index (χ4n) is 3.50. The standard InChI is InChI=1S/C16H24N2O/c1-19-14-8-6-13(7-9-14)16(15-5-4-10-17-15)18-11-2-3-12-18/h6-9,15-17H,2-5,10-12H2,1H3. The van der Waals surface area contributed by atoms with Gasteiger partial charge in [0, 0.05) is 6.04 Å². The van der Waals surface area contributed by atoms with Gasteiger partial charge in [0.25, 0.3) is 0 Å². The Morgan fingerprint density at radius 1 is 1.16 bits per heavy atom. The first-order valence-electron chi connectivity index (χ1n) is 7.50. The van der Waals surface area contributed by atoms with E-state index < -0.39 is 0 Å². The molecule has 1 N–H and O–H groups in total. The molecule has 2 fully saturated rings. The molecule has 0 aliphatic carbocycles. The van der Waals surface area contributed by atoms with Gasteiger partial charge in [0.05, 0.1) is 13.2 Å². The van der Waals surface area contributed by atoms with Gasteiger partial charge in [0.15, 0.2) is 0 Å². The highest BCUT2D eigenvalue weighted by Gasteiger charge is 2.32. The molecule has 0 radical (unpaired) electrons. The summed E-state index contributed by atoms with van der Waals surface area (Å²) in [5.74, 6) is 0.948. The Kier molecular flexibility index (Phi) is 4.04. The van der Waals surface area contributed by atoms with E-state index in [0.29, 0.717) is 12.1 Å². The molecule has 3 nitrogen and oxygen atoms in total. The third-order valence-electron chi connectivity index (χ3n) is 4.47. The fraction of sp³-hybridized carbons (Fsp3) is 0.625. The van der Waals surface area contributed by atoms with Crippen LogP contribution in [0.4, 0.5) is 0 Å². The van der Waals surface area contributed by atoms with Crippen LogP contribution in [0.1, 0.15) is 37.3 Å². The molecule has 0 amide bonds. The molecular weight excluding hydrogens is 236 g/mol. The molecule has 2 atom stereocenters. The molecule has 2 saturated heterocycles. The fourth-order valence-corrected chi connectivity index (χ4v) is 3.50. The lowest BCUT2D eigenvalue weighted by molar-refractivity contribution is 0.202. The zero-order valence-corrected chi connectivity index (χ0v) is 11.8. The van der Waals surface area contributed by atoms with E-state index >= 15 is 0 Å². The monoisotopic (exact) mass is 260 g/mol. The molecule has 2 heterocycles. The minimum Gasteiger partial charge on any atom is -0.497 e. The number of benzene rings is 1. The minimum absolute atomic E-state index is 0.538. The molecule has 0 bridgehead atoms. The predicted octanol–water partition coefficient (Wildman–Crippen LogP) is 2.58. The number of rotatable bonds is 4. The summed E-state index contributed by atoms with van der Waals surface area (Å²) in [5, 5.41) is 3.69. The van der Waals surface area contributed by atoms with E-state index in [0.717, 1.165) is 5.75 Å². The minimum atomic E-state index is 0.538. The Bertz CT molecular complexity index is 376. The quantitative estimate of drug-likeness (QED) is 0.900. The van der Waals surface area contributed by atoms with Crippen LogP contribution in [0.2, 0.25) is 0 Å². The van der Waals surface area contributed by atoms with Crippen LogP contribution in [0, 0.1) is 0 Å². The highest BCUT2D eigenvalue weighted by molar-refractivity contribution is 5.30. The summed E-state index contributed by atoms with van der Waals surface area (Å²) in [7, 11) is 1.73. The predicted molar refractivity (Wildman–Crippen MR) is 77.6 cm³/mol. The third-order valence-corrected chi connectivity index (χ3v) is 4.47. The molecule has 3 rings (SSSR count). The van der Waals surface area contributed by atoms with Crippen LogP contribution in [-0.2, 0) is 0 Å². The average molecular weight is 260 g/mol. The van der Waals surface area contributed by atoms with Crippen molar-refractivity contribution in [2.45, 2.75) is 37.8 Å². The van der Waals surface area contributed by atoms with Crippen molar-refractivity contribution in [3.05, 3.63) is 29.8 Å². The highest BCUT2D eigenvalue weighted by Crippen LogP contribution is 2.32. The Hall–Kier alpha value is -1.06. The van der Waals surface area contributed by atoms with Crippen molar-refractivity contribution in [3.8, 4) is 5.75 Å². The number of hydrogen-bond acceptors (Lipinski definition) is 3. The summed E-state index contributed by atoms with van der Waals surface area (Å²) in [4.78, 5) is 2.66. The summed E-state index contributed by atoms with van der Waals surface area (Å²) < 4.78 is 5.27. The lowest BCUT2D eigenvalue weighted by Gasteiger charge is -2.33. The van der Waals surface area contributed by atoms with E-state index in [1.165, 1.54) is 50.9 Å². The maximum Gasteiger partial charge on any atom is 0.118 e. The van der Waals surface area contributed by atoms with Gasteiger partial charge in [0.2, 0.25) is 0 Å².